The van der Waals surface area contributed by atoms with Gasteiger partial charge in [0.05, 0.1) is 48.5 Å². The Morgan fingerprint density at radius 1 is 0.732 bits per heavy atom. The predicted molar refractivity (Wildman–Crippen MR) is 210 cm³/mol. The van der Waals surface area contributed by atoms with E-state index in [0.29, 0.717) is 30.0 Å². The fourth-order valence-electron chi connectivity index (χ4n) is 7.46. The minimum Gasteiger partial charge on any atom is -0.453 e. The zero-order valence-corrected chi connectivity index (χ0v) is 30.8. The van der Waals surface area contributed by atoms with E-state index < -0.39 is 12.1 Å². The normalized spacial score (nSPS) is 16.9. The predicted octanol–water partition coefficient (Wildman–Crippen LogP) is 7.00. The molecule has 3 N–H and O–H groups in total. The van der Waals surface area contributed by atoms with E-state index in [4.69, 9.17) is 4.74 Å². The standard InChI is InChI=1S/C44H40N8O4/c1-56-44(55)50-39(33-8-3-2-4-9-33)43(54)52-25-7-12-38(52)41-47-28-36(49-41)32-21-17-30(18-22-32)14-13-29-15-19-31(20-16-29)35-27-46-40(48-35)37-11-6-24-51(37)42(53)34-10-5-23-45-26-34/h2-5,8-10,15-23,26-28,37-39H,6-7,11-12,24-25H2,1H3,(H,46,48)(H,47,49)(H,50,55). The Bertz CT molecular complexity index is 2380. The Kier molecular flexibility index (Phi) is 10.4. The van der Waals surface area contributed by atoms with Gasteiger partial charge in [0.1, 0.15) is 17.7 Å². The number of rotatable bonds is 8. The molecule has 3 atom stereocenters. The highest BCUT2D eigenvalue weighted by Gasteiger charge is 2.37. The molecule has 0 spiro atoms. The Morgan fingerprint density at radius 2 is 1.30 bits per heavy atom. The van der Waals surface area contributed by atoms with Crippen LogP contribution in [0.2, 0.25) is 0 Å². The van der Waals surface area contributed by atoms with Gasteiger partial charge in [-0.1, -0.05) is 66.4 Å². The molecule has 56 heavy (non-hydrogen) atoms. The van der Waals surface area contributed by atoms with Gasteiger partial charge in [-0.05, 0) is 78.8 Å². The maximum atomic E-state index is 13.8. The number of nitrogens with zero attached hydrogens (tertiary/aromatic N) is 5. The molecule has 0 aliphatic carbocycles. The molecule has 3 aromatic carbocycles. The van der Waals surface area contributed by atoms with Gasteiger partial charge in [0, 0.05) is 36.6 Å². The van der Waals surface area contributed by atoms with Crippen molar-refractivity contribution in [1.29, 1.82) is 0 Å². The number of pyridine rings is 1. The monoisotopic (exact) mass is 744 g/mol. The molecule has 6 aromatic rings. The lowest BCUT2D eigenvalue weighted by Crippen LogP contribution is -2.42. The molecule has 12 heteroatoms. The molecule has 0 saturated carbocycles. The van der Waals surface area contributed by atoms with Gasteiger partial charge < -0.3 is 29.8 Å². The molecule has 8 rings (SSSR count). The van der Waals surface area contributed by atoms with E-state index in [1.165, 1.54) is 7.11 Å². The maximum Gasteiger partial charge on any atom is 0.407 e. The molecule has 12 nitrogen and oxygen atoms in total. The summed E-state index contributed by atoms with van der Waals surface area (Å²) >= 11 is 0. The second-order valence-corrected chi connectivity index (χ2v) is 13.8. The number of carbonyl (C=O) groups is 3. The summed E-state index contributed by atoms with van der Waals surface area (Å²) in [6.45, 7) is 1.25. The van der Waals surface area contributed by atoms with Crippen LogP contribution in [0.1, 0.15) is 82.5 Å². The maximum absolute atomic E-state index is 13.8. The van der Waals surface area contributed by atoms with Crippen LogP contribution in [0.5, 0.6) is 0 Å². The molecule has 2 aliphatic rings. The summed E-state index contributed by atoms with van der Waals surface area (Å²) in [5, 5.41) is 2.71. The average Bonchev–Trinajstić information content (AvgIpc) is 4.10. The highest BCUT2D eigenvalue weighted by atomic mass is 16.5. The van der Waals surface area contributed by atoms with E-state index in [2.05, 4.69) is 42.1 Å². The summed E-state index contributed by atoms with van der Waals surface area (Å²) in [4.78, 5) is 63.1. The van der Waals surface area contributed by atoms with Crippen molar-refractivity contribution in [3.05, 3.63) is 150 Å². The molecule has 2 saturated heterocycles. The van der Waals surface area contributed by atoms with Crippen molar-refractivity contribution < 1.29 is 19.1 Å². The van der Waals surface area contributed by atoms with Gasteiger partial charge in [0.25, 0.3) is 11.8 Å². The summed E-state index contributed by atoms with van der Waals surface area (Å²) in [6.07, 6.45) is 9.57. The van der Waals surface area contributed by atoms with Crippen LogP contribution in [-0.4, -0.2) is 72.8 Å². The fraction of sp³-hybridized carbons (Fsp3) is 0.227. The third-order valence-electron chi connectivity index (χ3n) is 10.4. The number of H-pyrrole nitrogens is 2. The van der Waals surface area contributed by atoms with Crippen molar-refractivity contribution in [2.45, 2.75) is 43.8 Å². The number of amides is 3. The van der Waals surface area contributed by atoms with Crippen LogP contribution in [0, 0.1) is 11.8 Å². The van der Waals surface area contributed by atoms with Gasteiger partial charge >= 0.3 is 6.09 Å². The first kappa shape index (κ1) is 36.0. The van der Waals surface area contributed by atoms with E-state index in [1.807, 2.05) is 90.0 Å². The molecule has 5 heterocycles. The van der Waals surface area contributed by atoms with Crippen LogP contribution < -0.4 is 5.32 Å². The van der Waals surface area contributed by atoms with Crippen molar-refractivity contribution in [2.75, 3.05) is 20.2 Å². The summed E-state index contributed by atoms with van der Waals surface area (Å²) < 4.78 is 4.82. The van der Waals surface area contributed by atoms with E-state index in [-0.39, 0.29) is 23.9 Å². The van der Waals surface area contributed by atoms with Crippen LogP contribution >= 0.6 is 0 Å². The minimum atomic E-state index is -0.874. The first-order valence-corrected chi connectivity index (χ1v) is 18.7. The number of likely N-dealkylation sites (tertiary alicyclic amines) is 2. The second kappa shape index (κ2) is 16.2. The van der Waals surface area contributed by atoms with Crippen LogP contribution in [0.15, 0.2) is 116 Å². The molecule has 0 radical (unpaired) electrons. The lowest BCUT2D eigenvalue weighted by molar-refractivity contribution is -0.134. The number of aromatic nitrogens is 5. The second-order valence-electron chi connectivity index (χ2n) is 13.8. The number of aromatic amines is 2. The number of methoxy groups -OCH3 is 1. The number of hydrogen-bond acceptors (Lipinski definition) is 7. The Hall–Kier alpha value is -7.00. The number of hydrogen-bond donors (Lipinski definition) is 3. The Morgan fingerprint density at radius 3 is 1.86 bits per heavy atom. The van der Waals surface area contributed by atoms with Crippen LogP contribution in [0.4, 0.5) is 4.79 Å². The van der Waals surface area contributed by atoms with Gasteiger partial charge in [0.2, 0.25) is 0 Å². The SMILES string of the molecule is COC(=O)NC(C(=O)N1CCCC1c1ncc(-c2ccc(C#Cc3ccc(-c4cnc(C5CCCN5C(=O)c5cccnc5)[nH]4)cc3)cc2)[nH]1)c1ccccc1. The van der Waals surface area contributed by atoms with Crippen molar-refractivity contribution in [3.63, 3.8) is 0 Å². The number of imidazole rings is 2. The molecule has 280 valence electrons. The lowest BCUT2D eigenvalue weighted by atomic mass is 10.1. The van der Waals surface area contributed by atoms with E-state index in [1.54, 1.807) is 35.6 Å². The van der Waals surface area contributed by atoms with Crippen LogP contribution in [0.25, 0.3) is 22.5 Å². The Labute approximate surface area is 324 Å². The highest BCUT2D eigenvalue weighted by molar-refractivity contribution is 5.94. The van der Waals surface area contributed by atoms with Gasteiger partial charge in [-0.15, -0.1) is 0 Å². The van der Waals surface area contributed by atoms with Crippen molar-refractivity contribution in [3.8, 4) is 34.4 Å². The largest absolute Gasteiger partial charge is 0.453 e. The number of ether oxygens (including phenoxy) is 1. The van der Waals surface area contributed by atoms with E-state index in [0.717, 1.165) is 65.1 Å². The molecule has 3 aromatic heterocycles. The topological polar surface area (TPSA) is 149 Å². The quantitative estimate of drug-likeness (QED) is 0.142. The summed E-state index contributed by atoms with van der Waals surface area (Å²) in [5.41, 5.74) is 6.68. The summed E-state index contributed by atoms with van der Waals surface area (Å²) in [6, 6.07) is 27.5. The van der Waals surface area contributed by atoms with Gasteiger partial charge in [-0.2, -0.15) is 0 Å². The van der Waals surface area contributed by atoms with Crippen LogP contribution in [0.3, 0.4) is 0 Å². The average molecular weight is 745 g/mol. The first-order valence-electron chi connectivity index (χ1n) is 18.7. The van der Waals surface area contributed by atoms with E-state index in [9.17, 15) is 14.4 Å². The third kappa shape index (κ3) is 7.65. The molecule has 2 fully saturated rings. The fourth-order valence-corrected chi connectivity index (χ4v) is 7.46. The van der Waals surface area contributed by atoms with Crippen molar-refractivity contribution >= 4 is 17.9 Å². The Balaban J connectivity index is 0.905. The molecule has 2 aliphatic heterocycles. The van der Waals surface area contributed by atoms with E-state index >= 15 is 0 Å². The number of alkyl carbamates (subject to hydrolysis) is 1. The number of benzene rings is 3. The van der Waals surface area contributed by atoms with Crippen LogP contribution in [-0.2, 0) is 9.53 Å². The molecular formula is C44H40N8O4. The van der Waals surface area contributed by atoms with Gasteiger partial charge in [-0.25, -0.2) is 14.8 Å². The third-order valence-corrected chi connectivity index (χ3v) is 10.4. The zero-order valence-electron chi connectivity index (χ0n) is 30.8. The van der Waals surface area contributed by atoms with Gasteiger partial charge in [-0.3, -0.25) is 14.6 Å². The summed E-state index contributed by atoms with van der Waals surface area (Å²) in [5.74, 6) is 7.76. The summed E-state index contributed by atoms with van der Waals surface area (Å²) in [7, 11) is 1.28. The lowest BCUT2D eigenvalue weighted by Gasteiger charge is -2.28. The van der Waals surface area contributed by atoms with Gasteiger partial charge in [0.15, 0.2) is 0 Å². The zero-order chi connectivity index (χ0) is 38.4. The smallest absolute Gasteiger partial charge is 0.407 e. The number of nitrogens with one attached hydrogen (secondary N) is 3. The molecule has 3 amide bonds. The molecular weight excluding hydrogens is 705 g/mol. The molecule has 3 unspecified atom stereocenters. The highest BCUT2D eigenvalue weighted by Crippen LogP contribution is 2.35. The van der Waals surface area contributed by atoms with Crippen molar-refractivity contribution in [2.24, 2.45) is 0 Å². The minimum absolute atomic E-state index is 0.0294. The number of carbonyl (C=O) groups excluding carboxylic acids is 3. The molecule has 0 bridgehead atoms. The van der Waals surface area contributed by atoms with Crippen molar-refractivity contribution in [1.82, 2.24) is 40.0 Å². The first-order chi connectivity index (χ1) is 27.4.